The van der Waals surface area contributed by atoms with Crippen LogP contribution in [-0.2, 0) is 0 Å². The Bertz CT molecular complexity index is 610. The van der Waals surface area contributed by atoms with Crippen LogP contribution in [0.15, 0.2) is 41.8 Å². The molecule has 0 fully saturated rings. The van der Waals surface area contributed by atoms with Gasteiger partial charge in [-0.2, -0.15) is 0 Å². The Morgan fingerprint density at radius 2 is 1.86 bits per heavy atom. The van der Waals surface area contributed by atoms with Crippen molar-refractivity contribution in [2.24, 2.45) is 0 Å². The molecule has 0 amide bonds. The minimum Gasteiger partial charge on any atom is -0.143 e. The number of hydrogen-bond acceptors (Lipinski definition) is 1. The van der Waals surface area contributed by atoms with E-state index >= 15 is 0 Å². The van der Waals surface area contributed by atoms with E-state index < -0.39 is 0 Å². The molecule has 0 N–H and O–H groups in total. The molecule has 3 aromatic rings. The van der Waals surface area contributed by atoms with Gasteiger partial charge in [-0.05, 0) is 27.5 Å². The molecule has 0 spiro atoms. The van der Waals surface area contributed by atoms with Gasteiger partial charge in [-0.25, -0.2) is 0 Å². The molecule has 1 aromatic heterocycles. The monoisotopic (exact) mass is 216 g/mol. The van der Waals surface area contributed by atoms with E-state index in [1.54, 1.807) is 0 Å². The Morgan fingerprint density at radius 1 is 1.00 bits per heavy atom. The standard InChI is InChI=1S/C12H9PS/c13-10-7-14-11-6-5-8-3-1-2-4-9(8)12(10)11/h1-7H,13H2. The summed E-state index contributed by atoms with van der Waals surface area (Å²) in [6.45, 7) is 0. The van der Waals surface area contributed by atoms with E-state index in [-0.39, 0.29) is 0 Å². The summed E-state index contributed by atoms with van der Waals surface area (Å²) >= 11 is 1.81. The van der Waals surface area contributed by atoms with Gasteiger partial charge in [-0.15, -0.1) is 20.6 Å². The average molecular weight is 216 g/mol. The summed E-state index contributed by atoms with van der Waals surface area (Å²) < 4.78 is 1.37. The number of fused-ring (bicyclic) bond motifs is 3. The van der Waals surface area contributed by atoms with Gasteiger partial charge in [0.1, 0.15) is 0 Å². The first-order valence-electron chi connectivity index (χ1n) is 4.51. The average Bonchev–Trinajstić information content (AvgIpc) is 2.61. The lowest BCUT2D eigenvalue weighted by Gasteiger charge is -1.99. The summed E-state index contributed by atoms with van der Waals surface area (Å²) in [5.41, 5.74) is 0. The molecule has 1 unspecified atom stereocenters. The van der Waals surface area contributed by atoms with Crippen LogP contribution in [0.25, 0.3) is 20.9 Å². The topological polar surface area (TPSA) is 0 Å². The Kier molecular flexibility index (Phi) is 1.83. The van der Waals surface area contributed by atoms with Crippen LogP contribution in [0.3, 0.4) is 0 Å². The minimum atomic E-state index is 1.31. The summed E-state index contributed by atoms with van der Waals surface area (Å²) in [5, 5.41) is 7.57. The van der Waals surface area contributed by atoms with Crippen LogP contribution in [-0.4, -0.2) is 0 Å². The van der Waals surface area contributed by atoms with Gasteiger partial charge < -0.3 is 0 Å². The smallest absolute Gasteiger partial charge is 0.0355 e. The van der Waals surface area contributed by atoms with E-state index in [0.29, 0.717) is 0 Å². The highest BCUT2D eigenvalue weighted by Gasteiger charge is 2.03. The van der Waals surface area contributed by atoms with Crippen LogP contribution >= 0.6 is 20.6 Å². The van der Waals surface area contributed by atoms with Gasteiger partial charge in [-0.1, -0.05) is 30.3 Å². The lowest BCUT2D eigenvalue weighted by Crippen LogP contribution is -1.85. The summed E-state index contributed by atoms with van der Waals surface area (Å²) in [6, 6.07) is 12.9. The number of hydrogen-bond donors (Lipinski definition) is 0. The second-order valence-electron chi connectivity index (χ2n) is 3.35. The van der Waals surface area contributed by atoms with Gasteiger partial charge >= 0.3 is 0 Å². The largest absolute Gasteiger partial charge is 0.143 e. The van der Waals surface area contributed by atoms with E-state index in [1.807, 2.05) is 11.3 Å². The minimum absolute atomic E-state index is 1.31. The summed E-state index contributed by atoms with van der Waals surface area (Å²) in [5.74, 6) is 0. The molecular weight excluding hydrogens is 207 g/mol. The zero-order chi connectivity index (χ0) is 9.54. The third kappa shape index (κ3) is 1.10. The van der Waals surface area contributed by atoms with Crippen LogP contribution < -0.4 is 5.30 Å². The predicted octanol–water partition coefficient (Wildman–Crippen LogP) is 3.55. The van der Waals surface area contributed by atoms with Crippen LogP contribution in [0.1, 0.15) is 0 Å². The number of rotatable bonds is 0. The van der Waals surface area contributed by atoms with Gasteiger partial charge in [0.15, 0.2) is 0 Å². The van der Waals surface area contributed by atoms with Gasteiger partial charge in [0.05, 0.1) is 0 Å². The molecule has 0 bridgehead atoms. The maximum atomic E-state index is 2.81. The van der Waals surface area contributed by atoms with E-state index in [1.165, 1.54) is 26.2 Å². The van der Waals surface area contributed by atoms with Crippen molar-refractivity contribution in [2.45, 2.75) is 0 Å². The van der Waals surface area contributed by atoms with E-state index in [4.69, 9.17) is 0 Å². The zero-order valence-electron chi connectivity index (χ0n) is 7.53. The Labute approximate surface area is 88.8 Å². The summed E-state index contributed by atoms with van der Waals surface area (Å²) in [7, 11) is 2.81. The molecule has 0 radical (unpaired) electrons. The van der Waals surface area contributed by atoms with Gasteiger partial charge in [-0.3, -0.25) is 0 Å². The number of thiophene rings is 1. The Hall–Kier alpha value is -0.910. The quantitative estimate of drug-likeness (QED) is 0.504. The third-order valence-electron chi connectivity index (χ3n) is 2.49. The van der Waals surface area contributed by atoms with Crippen molar-refractivity contribution in [3.05, 3.63) is 41.8 Å². The Morgan fingerprint density at radius 3 is 2.79 bits per heavy atom. The second-order valence-corrected chi connectivity index (χ2v) is 4.88. The molecule has 0 aliphatic heterocycles. The van der Waals surface area contributed by atoms with E-state index in [2.05, 4.69) is 51.0 Å². The van der Waals surface area contributed by atoms with E-state index in [9.17, 15) is 0 Å². The third-order valence-corrected chi connectivity index (χ3v) is 4.16. The molecular formula is C12H9PS. The first-order chi connectivity index (χ1) is 6.86. The maximum Gasteiger partial charge on any atom is 0.0355 e. The van der Waals surface area contributed by atoms with Crippen molar-refractivity contribution >= 4 is 46.7 Å². The Balaban J connectivity index is 2.65. The van der Waals surface area contributed by atoms with Crippen LogP contribution in [0.2, 0.25) is 0 Å². The fourth-order valence-corrected chi connectivity index (χ4v) is 3.32. The molecule has 0 aliphatic carbocycles. The summed E-state index contributed by atoms with van der Waals surface area (Å²) in [6.07, 6.45) is 0. The zero-order valence-corrected chi connectivity index (χ0v) is 9.50. The highest BCUT2D eigenvalue weighted by Crippen LogP contribution is 2.28. The molecule has 14 heavy (non-hydrogen) atoms. The van der Waals surface area contributed by atoms with Crippen LogP contribution in [0.4, 0.5) is 0 Å². The van der Waals surface area contributed by atoms with E-state index in [0.717, 1.165) is 0 Å². The lowest BCUT2D eigenvalue weighted by molar-refractivity contribution is 1.82. The molecule has 0 saturated heterocycles. The fraction of sp³-hybridized carbons (Fsp3) is 0. The van der Waals surface area contributed by atoms with Crippen molar-refractivity contribution in [1.82, 2.24) is 0 Å². The normalized spacial score (nSPS) is 11.2. The first-order valence-corrected chi connectivity index (χ1v) is 5.96. The molecule has 1 heterocycles. The van der Waals surface area contributed by atoms with Gasteiger partial charge in [0, 0.05) is 10.1 Å². The van der Waals surface area contributed by atoms with Crippen molar-refractivity contribution in [1.29, 1.82) is 0 Å². The van der Waals surface area contributed by atoms with Crippen molar-refractivity contribution < 1.29 is 0 Å². The lowest BCUT2D eigenvalue weighted by atomic mass is 10.1. The number of benzene rings is 2. The van der Waals surface area contributed by atoms with Crippen LogP contribution in [0.5, 0.6) is 0 Å². The maximum absolute atomic E-state index is 2.81. The molecule has 1 atom stereocenters. The molecule has 2 heteroatoms. The second kappa shape index (κ2) is 3.05. The first kappa shape index (κ1) is 8.40. The van der Waals surface area contributed by atoms with Gasteiger partial charge in [0.2, 0.25) is 0 Å². The highest BCUT2D eigenvalue weighted by molar-refractivity contribution is 7.32. The van der Waals surface area contributed by atoms with Crippen molar-refractivity contribution in [2.75, 3.05) is 0 Å². The van der Waals surface area contributed by atoms with Crippen molar-refractivity contribution in [3.8, 4) is 0 Å². The molecule has 68 valence electrons. The molecule has 0 saturated carbocycles. The molecule has 0 nitrogen and oxygen atoms in total. The molecule has 3 rings (SSSR count). The molecule has 0 aliphatic rings. The predicted molar refractivity (Wildman–Crippen MR) is 68.7 cm³/mol. The SMILES string of the molecule is Pc1csc2ccc3ccccc3c12. The van der Waals surface area contributed by atoms with Crippen LogP contribution in [0, 0.1) is 0 Å². The molecule has 2 aromatic carbocycles. The van der Waals surface area contributed by atoms with Gasteiger partial charge in [0.25, 0.3) is 0 Å². The van der Waals surface area contributed by atoms with Crippen molar-refractivity contribution in [3.63, 3.8) is 0 Å². The summed E-state index contributed by atoms with van der Waals surface area (Å²) in [4.78, 5) is 0. The highest BCUT2D eigenvalue weighted by atomic mass is 32.1. The fourth-order valence-electron chi connectivity index (χ4n) is 1.83.